The van der Waals surface area contributed by atoms with Gasteiger partial charge in [-0.2, -0.15) is 16.7 Å². The molecule has 1 aliphatic rings. The fourth-order valence-corrected chi connectivity index (χ4v) is 2.83. The van der Waals surface area contributed by atoms with Gasteiger partial charge in [0.2, 0.25) is 5.89 Å². The van der Waals surface area contributed by atoms with E-state index in [1.807, 2.05) is 0 Å². The summed E-state index contributed by atoms with van der Waals surface area (Å²) in [5, 5.41) is 4.05. The second kappa shape index (κ2) is 6.07. The van der Waals surface area contributed by atoms with Crippen LogP contribution in [0.2, 0.25) is 0 Å². The molecular formula is C11H20ClN3OS. The molecule has 1 aromatic heterocycles. The van der Waals surface area contributed by atoms with Crippen LogP contribution in [0.1, 0.15) is 50.2 Å². The van der Waals surface area contributed by atoms with Gasteiger partial charge in [0.25, 0.3) is 0 Å². The average molecular weight is 278 g/mol. The standard InChI is InChI=1S/C11H19N3OS.ClH/c1-8(7-16-2)9-13-10(14-15-9)11(12)5-3-4-6-11;/h8H,3-7,12H2,1-2H3;1H. The Kier molecular flexibility index (Phi) is 5.28. The van der Waals surface area contributed by atoms with Gasteiger partial charge in [0.1, 0.15) is 0 Å². The van der Waals surface area contributed by atoms with Crippen LogP contribution in [0.3, 0.4) is 0 Å². The van der Waals surface area contributed by atoms with E-state index in [9.17, 15) is 0 Å². The van der Waals surface area contributed by atoms with Crippen LogP contribution in [-0.2, 0) is 5.54 Å². The third-order valence-corrected chi connectivity index (χ3v) is 4.05. The van der Waals surface area contributed by atoms with Gasteiger partial charge in [0.05, 0.1) is 5.54 Å². The number of thioether (sulfide) groups is 1. The molecule has 1 unspecified atom stereocenters. The van der Waals surface area contributed by atoms with Gasteiger partial charge in [-0.25, -0.2) is 0 Å². The molecule has 17 heavy (non-hydrogen) atoms. The maximum Gasteiger partial charge on any atom is 0.230 e. The maximum absolute atomic E-state index is 6.28. The van der Waals surface area contributed by atoms with Crippen molar-refractivity contribution in [3.63, 3.8) is 0 Å². The molecule has 98 valence electrons. The third-order valence-electron chi connectivity index (χ3n) is 3.22. The molecule has 1 fully saturated rings. The van der Waals surface area contributed by atoms with E-state index >= 15 is 0 Å². The van der Waals surface area contributed by atoms with Gasteiger partial charge in [0, 0.05) is 11.7 Å². The van der Waals surface area contributed by atoms with E-state index in [0.29, 0.717) is 11.7 Å². The van der Waals surface area contributed by atoms with Crippen LogP contribution in [0.15, 0.2) is 4.52 Å². The lowest BCUT2D eigenvalue weighted by Crippen LogP contribution is -2.34. The van der Waals surface area contributed by atoms with Crippen LogP contribution < -0.4 is 5.73 Å². The molecule has 4 nitrogen and oxygen atoms in total. The number of nitrogens with zero attached hydrogens (tertiary/aromatic N) is 2. The predicted molar refractivity (Wildman–Crippen MR) is 72.7 cm³/mol. The van der Waals surface area contributed by atoms with E-state index in [-0.39, 0.29) is 17.9 Å². The minimum absolute atomic E-state index is 0. The molecule has 0 bridgehead atoms. The van der Waals surface area contributed by atoms with Crippen molar-refractivity contribution < 1.29 is 4.52 Å². The molecule has 6 heteroatoms. The zero-order valence-electron chi connectivity index (χ0n) is 10.3. The van der Waals surface area contributed by atoms with E-state index in [1.54, 1.807) is 11.8 Å². The molecule has 0 spiro atoms. The van der Waals surface area contributed by atoms with Crippen LogP contribution in [0.5, 0.6) is 0 Å². The topological polar surface area (TPSA) is 64.9 Å². The van der Waals surface area contributed by atoms with E-state index < -0.39 is 0 Å². The van der Waals surface area contributed by atoms with E-state index in [4.69, 9.17) is 10.3 Å². The molecule has 0 aromatic carbocycles. The Morgan fingerprint density at radius 1 is 1.47 bits per heavy atom. The molecule has 0 saturated heterocycles. The van der Waals surface area contributed by atoms with Crippen LogP contribution in [0.25, 0.3) is 0 Å². The van der Waals surface area contributed by atoms with Crippen molar-refractivity contribution in [3.05, 3.63) is 11.7 Å². The number of halogens is 1. The van der Waals surface area contributed by atoms with Gasteiger partial charge in [-0.1, -0.05) is 24.9 Å². The summed E-state index contributed by atoms with van der Waals surface area (Å²) >= 11 is 1.79. The summed E-state index contributed by atoms with van der Waals surface area (Å²) in [6.45, 7) is 2.10. The molecular weight excluding hydrogens is 258 g/mol. The summed E-state index contributed by atoms with van der Waals surface area (Å²) in [5.74, 6) is 2.73. The third kappa shape index (κ3) is 3.14. The summed E-state index contributed by atoms with van der Waals surface area (Å²) in [5.41, 5.74) is 5.95. The Hall–Kier alpha value is -0.260. The minimum atomic E-state index is -0.333. The zero-order chi connectivity index (χ0) is 11.6. The Morgan fingerprint density at radius 3 is 2.71 bits per heavy atom. The van der Waals surface area contributed by atoms with Crippen molar-refractivity contribution in [3.8, 4) is 0 Å². The Balaban J connectivity index is 0.00000144. The van der Waals surface area contributed by atoms with Crippen molar-refractivity contribution in [1.82, 2.24) is 10.1 Å². The SMILES string of the molecule is CSCC(C)c1nc(C2(N)CCCC2)no1.Cl. The van der Waals surface area contributed by atoms with Crippen LogP contribution >= 0.6 is 24.2 Å². The Morgan fingerprint density at radius 2 is 2.12 bits per heavy atom. The first-order chi connectivity index (χ1) is 7.65. The van der Waals surface area contributed by atoms with E-state index in [0.717, 1.165) is 24.5 Å². The lowest BCUT2D eigenvalue weighted by atomic mass is 9.98. The van der Waals surface area contributed by atoms with Crippen molar-refractivity contribution in [2.75, 3.05) is 12.0 Å². The highest BCUT2D eigenvalue weighted by molar-refractivity contribution is 7.98. The second-order valence-electron chi connectivity index (χ2n) is 4.68. The fraction of sp³-hybridized carbons (Fsp3) is 0.818. The molecule has 1 aliphatic carbocycles. The average Bonchev–Trinajstić information content (AvgIpc) is 2.86. The predicted octanol–water partition coefficient (Wildman–Crippen LogP) is 2.69. The van der Waals surface area contributed by atoms with Crippen LogP contribution in [0, 0.1) is 0 Å². The summed E-state index contributed by atoms with van der Waals surface area (Å²) in [4.78, 5) is 4.47. The molecule has 1 saturated carbocycles. The highest BCUT2D eigenvalue weighted by Gasteiger charge is 2.36. The van der Waals surface area contributed by atoms with Gasteiger partial charge >= 0.3 is 0 Å². The van der Waals surface area contributed by atoms with Gasteiger partial charge in [0.15, 0.2) is 5.82 Å². The van der Waals surface area contributed by atoms with Gasteiger partial charge < -0.3 is 10.3 Å². The van der Waals surface area contributed by atoms with Crippen LogP contribution in [-0.4, -0.2) is 22.1 Å². The summed E-state index contributed by atoms with van der Waals surface area (Å²) in [6.07, 6.45) is 6.36. The molecule has 1 atom stereocenters. The quantitative estimate of drug-likeness (QED) is 0.917. The highest BCUT2D eigenvalue weighted by atomic mass is 35.5. The number of aromatic nitrogens is 2. The molecule has 2 N–H and O–H groups in total. The molecule has 1 aromatic rings. The summed E-state index contributed by atoms with van der Waals surface area (Å²) in [7, 11) is 0. The Labute approximate surface area is 113 Å². The monoisotopic (exact) mass is 277 g/mol. The largest absolute Gasteiger partial charge is 0.339 e. The van der Waals surface area contributed by atoms with Gasteiger partial charge in [-0.3, -0.25) is 0 Å². The number of rotatable bonds is 4. The summed E-state index contributed by atoms with van der Waals surface area (Å²) in [6, 6.07) is 0. The maximum atomic E-state index is 6.28. The second-order valence-corrected chi connectivity index (χ2v) is 5.59. The van der Waals surface area contributed by atoms with Crippen LogP contribution in [0.4, 0.5) is 0 Å². The van der Waals surface area contributed by atoms with Crippen molar-refractivity contribution in [1.29, 1.82) is 0 Å². The Bertz CT molecular complexity index is 352. The van der Waals surface area contributed by atoms with Gasteiger partial charge in [-0.05, 0) is 19.1 Å². The zero-order valence-corrected chi connectivity index (χ0v) is 11.9. The summed E-state index contributed by atoms with van der Waals surface area (Å²) < 4.78 is 5.30. The molecule has 0 radical (unpaired) electrons. The van der Waals surface area contributed by atoms with Crippen molar-refractivity contribution >= 4 is 24.2 Å². The highest BCUT2D eigenvalue weighted by Crippen LogP contribution is 2.35. The lowest BCUT2D eigenvalue weighted by molar-refractivity contribution is 0.341. The lowest BCUT2D eigenvalue weighted by Gasteiger charge is -2.17. The number of hydrogen-bond acceptors (Lipinski definition) is 5. The first-order valence-electron chi connectivity index (χ1n) is 5.77. The minimum Gasteiger partial charge on any atom is -0.339 e. The number of nitrogens with two attached hydrogens (primary N) is 1. The van der Waals surface area contributed by atoms with E-state index in [1.165, 1.54) is 12.8 Å². The first kappa shape index (κ1) is 14.8. The van der Waals surface area contributed by atoms with Crippen molar-refractivity contribution in [2.24, 2.45) is 5.73 Å². The molecule has 2 rings (SSSR count). The van der Waals surface area contributed by atoms with E-state index in [2.05, 4.69) is 23.3 Å². The molecule has 0 amide bonds. The normalized spacial score (nSPS) is 19.9. The van der Waals surface area contributed by atoms with Crippen molar-refractivity contribution in [2.45, 2.75) is 44.1 Å². The van der Waals surface area contributed by atoms with Gasteiger partial charge in [-0.15, -0.1) is 12.4 Å². The number of hydrogen-bond donors (Lipinski definition) is 1. The molecule has 0 aliphatic heterocycles. The molecule has 1 heterocycles. The smallest absolute Gasteiger partial charge is 0.230 e. The first-order valence-corrected chi connectivity index (χ1v) is 7.17. The fourth-order valence-electron chi connectivity index (χ4n) is 2.19.